The van der Waals surface area contributed by atoms with Gasteiger partial charge in [-0.25, -0.2) is 8.42 Å². The molecule has 1 aliphatic rings. The van der Waals surface area contributed by atoms with Crippen molar-refractivity contribution >= 4 is 34.0 Å². The van der Waals surface area contributed by atoms with Gasteiger partial charge in [-0.2, -0.15) is 0 Å². The highest BCUT2D eigenvalue weighted by atomic mass is 32.2. The molecule has 1 N–H and O–H groups in total. The summed E-state index contributed by atoms with van der Waals surface area (Å²) in [6.45, 7) is 9.63. The number of carbonyl (C=O) groups excluding carboxylic acids is 1. The molecule has 6 nitrogen and oxygen atoms in total. The maximum atomic E-state index is 12.4. The molecule has 0 unspecified atom stereocenters. The number of amides is 1. The summed E-state index contributed by atoms with van der Waals surface area (Å²) in [6.07, 6.45) is 0.158. The van der Waals surface area contributed by atoms with Crippen LogP contribution in [-0.2, 0) is 30.4 Å². The molecule has 1 fully saturated rings. The van der Waals surface area contributed by atoms with Gasteiger partial charge in [-0.05, 0) is 63.0 Å². The third-order valence-corrected chi connectivity index (χ3v) is 7.50. The Hall–Kier alpha value is -2.16. The van der Waals surface area contributed by atoms with Crippen LogP contribution < -0.4 is 10.8 Å². The van der Waals surface area contributed by atoms with Gasteiger partial charge in [-0.3, -0.25) is 4.79 Å². The van der Waals surface area contributed by atoms with Crippen molar-refractivity contribution in [2.75, 3.05) is 11.1 Å². The molecule has 1 aliphatic heterocycles. The van der Waals surface area contributed by atoms with Gasteiger partial charge in [-0.1, -0.05) is 31.2 Å². The van der Waals surface area contributed by atoms with Crippen molar-refractivity contribution in [2.24, 2.45) is 0 Å². The average molecular weight is 429 g/mol. The fourth-order valence-corrected chi connectivity index (χ4v) is 3.96. The number of hydrogen-bond acceptors (Lipinski definition) is 5. The lowest BCUT2D eigenvalue weighted by molar-refractivity contribution is -0.115. The van der Waals surface area contributed by atoms with Crippen LogP contribution in [0, 0.1) is 0 Å². The number of rotatable bonds is 6. The van der Waals surface area contributed by atoms with Crippen LogP contribution in [0.2, 0.25) is 0 Å². The molecule has 2 aromatic carbocycles. The van der Waals surface area contributed by atoms with Crippen LogP contribution in [-0.4, -0.2) is 38.4 Å². The van der Waals surface area contributed by atoms with E-state index < -0.39 is 28.2 Å². The minimum atomic E-state index is -3.24. The molecule has 0 atom stereocenters. The van der Waals surface area contributed by atoms with Gasteiger partial charge in [0.25, 0.3) is 0 Å². The summed E-state index contributed by atoms with van der Waals surface area (Å²) in [5.41, 5.74) is 1.49. The quantitative estimate of drug-likeness (QED) is 0.715. The number of anilines is 1. The van der Waals surface area contributed by atoms with Crippen LogP contribution in [0.25, 0.3) is 0 Å². The molecule has 8 heteroatoms. The second-order valence-electron chi connectivity index (χ2n) is 8.48. The number of nitrogens with one attached hydrogen (secondary N) is 1. The van der Waals surface area contributed by atoms with Crippen LogP contribution in [0.1, 0.15) is 40.2 Å². The van der Waals surface area contributed by atoms with Crippen LogP contribution in [0.15, 0.2) is 53.4 Å². The van der Waals surface area contributed by atoms with Crippen molar-refractivity contribution in [3.63, 3.8) is 0 Å². The van der Waals surface area contributed by atoms with Crippen molar-refractivity contribution in [1.29, 1.82) is 0 Å². The molecule has 1 amide bonds. The smallest absolute Gasteiger partial charge is 0.399 e. The summed E-state index contributed by atoms with van der Waals surface area (Å²) in [5, 5.41) is 2.86. The van der Waals surface area contributed by atoms with Crippen LogP contribution >= 0.6 is 0 Å². The lowest BCUT2D eigenvalue weighted by atomic mass is 9.79. The maximum absolute atomic E-state index is 12.4. The first-order valence-electron chi connectivity index (χ1n) is 10.0. The molecule has 0 bridgehead atoms. The molecule has 160 valence electrons. The van der Waals surface area contributed by atoms with Crippen molar-refractivity contribution in [3.05, 3.63) is 54.1 Å². The predicted octanol–water partition coefficient (Wildman–Crippen LogP) is 2.96. The van der Waals surface area contributed by atoms with Crippen molar-refractivity contribution < 1.29 is 22.5 Å². The Labute approximate surface area is 179 Å². The molecule has 3 rings (SSSR count). The Kier molecular flexibility index (Phi) is 6.14. The van der Waals surface area contributed by atoms with E-state index in [0.29, 0.717) is 5.69 Å². The molecule has 30 heavy (non-hydrogen) atoms. The maximum Gasteiger partial charge on any atom is 0.494 e. The van der Waals surface area contributed by atoms with Crippen LogP contribution in [0.4, 0.5) is 5.69 Å². The molecule has 1 saturated heterocycles. The van der Waals surface area contributed by atoms with Gasteiger partial charge in [0.1, 0.15) is 0 Å². The summed E-state index contributed by atoms with van der Waals surface area (Å²) < 4.78 is 35.8. The van der Waals surface area contributed by atoms with E-state index in [0.717, 1.165) is 11.0 Å². The Balaban J connectivity index is 1.60. The highest BCUT2D eigenvalue weighted by Crippen LogP contribution is 2.36. The minimum absolute atomic E-state index is 0.0504. The van der Waals surface area contributed by atoms with E-state index in [4.69, 9.17) is 9.31 Å². The molecule has 0 aromatic heterocycles. The number of carbonyl (C=O) groups is 1. The minimum Gasteiger partial charge on any atom is -0.399 e. The van der Waals surface area contributed by atoms with E-state index in [1.165, 1.54) is 0 Å². The molecular formula is C22H28BNO5S. The van der Waals surface area contributed by atoms with Gasteiger partial charge < -0.3 is 14.6 Å². The fourth-order valence-electron chi connectivity index (χ4n) is 3.07. The number of hydrogen-bond donors (Lipinski definition) is 1. The average Bonchev–Trinajstić information content (AvgIpc) is 2.90. The first-order valence-corrected chi connectivity index (χ1v) is 11.7. The van der Waals surface area contributed by atoms with E-state index >= 15 is 0 Å². The molecule has 0 radical (unpaired) electrons. The molecule has 1 heterocycles. The predicted molar refractivity (Wildman–Crippen MR) is 119 cm³/mol. The Morgan fingerprint density at radius 1 is 0.933 bits per heavy atom. The summed E-state index contributed by atoms with van der Waals surface area (Å²) in [5.74, 6) is -0.126. The SMILES string of the molecule is CCS(=O)(=O)c1ccc(CC(=O)Nc2ccc(B3OC(C)(C)C(C)(C)O3)cc2)cc1. The third-order valence-electron chi connectivity index (χ3n) is 5.75. The standard InChI is InChI=1S/C22H28BNO5S/c1-6-30(26,27)19-13-7-16(8-14-19)15-20(25)24-18-11-9-17(10-12-18)23-28-21(2,3)22(4,5)29-23/h7-14H,6,15H2,1-5H3,(H,24,25). The zero-order chi connectivity index (χ0) is 22.2. The van der Waals surface area contributed by atoms with Gasteiger partial charge in [0.2, 0.25) is 5.91 Å². The normalized spacial score (nSPS) is 17.7. The summed E-state index contributed by atoms with van der Waals surface area (Å²) in [4.78, 5) is 12.6. The van der Waals surface area contributed by atoms with Gasteiger partial charge >= 0.3 is 7.12 Å². The van der Waals surface area contributed by atoms with Gasteiger partial charge in [0, 0.05) is 5.69 Å². The molecule has 0 aliphatic carbocycles. The van der Waals surface area contributed by atoms with E-state index in [1.807, 2.05) is 52.0 Å². The highest BCUT2D eigenvalue weighted by molar-refractivity contribution is 7.91. The zero-order valence-electron chi connectivity index (χ0n) is 18.1. The zero-order valence-corrected chi connectivity index (χ0v) is 18.9. The molecular weight excluding hydrogens is 401 g/mol. The monoisotopic (exact) mass is 429 g/mol. The molecule has 0 saturated carbocycles. The number of benzene rings is 2. The highest BCUT2D eigenvalue weighted by Gasteiger charge is 2.51. The van der Waals surface area contributed by atoms with E-state index in [2.05, 4.69) is 5.32 Å². The molecule has 0 spiro atoms. The Morgan fingerprint density at radius 3 is 1.97 bits per heavy atom. The van der Waals surface area contributed by atoms with Gasteiger partial charge in [-0.15, -0.1) is 0 Å². The molecule has 2 aromatic rings. The second-order valence-corrected chi connectivity index (χ2v) is 10.8. The Bertz CT molecular complexity index is 998. The first kappa shape index (κ1) is 22.5. The third kappa shape index (κ3) is 4.77. The van der Waals surface area contributed by atoms with Crippen molar-refractivity contribution in [2.45, 2.75) is 57.1 Å². The van der Waals surface area contributed by atoms with E-state index in [9.17, 15) is 13.2 Å². The lowest BCUT2D eigenvalue weighted by Crippen LogP contribution is -2.41. The number of sulfone groups is 1. The fraction of sp³-hybridized carbons (Fsp3) is 0.409. The van der Waals surface area contributed by atoms with Crippen molar-refractivity contribution in [1.82, 2.24) is 0 Å². The topological polar surface area (TPSA) is 81.7 Å². The van der Waals surface area contributed by atoms with Crippen molar-refractivity contribution in [3.8, 4) is 0 Å². The van der Waals surface area contributed by atoms with E-state index in [1.54, 1.807) is 31.2 Å². The van der Waals surface area contributed by atoms with E-state index in [-0.39, 0.29) is 23.0 Å². The first-order chi connectivity index (χ1) is 13.9. The largest absolute Gasteiger partial charge is 0.494 e. The summed E-state index contributed by atoms with van der Waals surface area (Å²) in [7, 11) is -3.69. The second kappa shape index (κ2) is 8.17. The lowest BCUT2D eigenvalue weighted by Gasteiger charge is -2.32. The van der Waals surface area contributed by atoms with Crippen LogP contribution in [0.3, 0.4) is 0 Å². The summed E-state index contributed by atoms with van der Waals surface area (Å²) in [6, 6.07) is 13.8. The summed E-state index contributed by atoms with van der Waals surface area (Å²) >= 11 is 0. The van der Waals surface area contributed by atoms with Gasteiger partial charge in [0.15, 0.2) is 9.84 Å². The van der Waals surface area contributed by atoms with Crippen LogP contribution in [0.5, 0.6) is 0 Å². The Morgan fingerprint density at radius 2 is 1.47 bits per heavy atom. The van der Waals surface area contributed by atoms with Gasteiger partial charge in [0.05, 0.1) is 28.3 Å².